The number of hydrogen-bond donors (Lipinski definition) is 2. The van der Waals surface area contributed by atoms with Gasteiger partial charge in [0.15, 0.2) is 23.0 Å². The lowest BCUT2D eigenvalue weighted by molar-refractivity contribution is -0.386. The molecule has 0 saturated carbocycles. The molecule has 9 heteroatoms. The van der Waals surface area contributed by atoms with Crippen molar-refractivity contribution in [1.82, 2.24) is 0 Å². The molecule has 1 heterocycles. The summed E-state index contributed by atoms with van der Waals surface area (Å²) in [6.45, 7) is 0. The van der Waals surface area contributed by atoms with Crippen molar-refractivity contribution < 1.29 is 29.0 Å². The average Bonchev–Trinajstić information content (AvgIpc) is 2.77. The number of carbonyl (C=O) groups excluding carboxylic acids is 1. The molecule has 2 aromatic rings. The van der Waals surface area contributed by atoms with Crippen LogP contribution >= 0.6 is 0 Å². The van der Waals surface area contributed by atoms with Crippen molar-refractivity contribution in [2.45, 2.75) is 25.2 Å². The van der Waals surface area contributed by atoms with E-state index in [1.807, 2.05) is 0 Å². The van der Waals surface area contributed by atoms with Crippen LogP contribution in [0.2, 0.25) is 0 Å². The van der Waals surface area contributed by atoms with Gasteiger partial charge in [0.05, 0.1) is 26.3 Å². The fourth-order valence-electron chi connectivity index (χ4n) is 4.31. The summed E-state index contributed by atoms with van der Waals surface area (Å²) in [4.78, 5) is 23.9. The number of nitro benzene ring substituents is 1. The Bertz CT molecular complexity index is 1120. The molecule has 162 valence electrons. The predicted octanol–water partition coefficient (Wildman–Crippen LogP) is 3.89. The van der Waals surface area contributed by atoms with Gasteiger partial charge in [-0.1, -0.05) is 0 Å². The molecule has 0 spiro atoms. The van der Waals surface area contributed by atoms with Crippen LogP contribution in [0.15, 0.2) is 35.5 Å². The number of carbonyl (C=O) groups is 1. The van der Waals surface area contributed by atoms with Crippen LogP contribution in [-0.2, 0) is 4.79 Å². The smallest absolute Gasteiger partial charge is 0.314 e. The lowest BCUT2D eigenvalue weighted by atomic mass is 9.75. The average molecular weight is 426 g/mol. The maximum Gasteiger partial charge on any atom is 0.314 e. The number of fused-ring (bicyclic) bond motifs is 1. The van der Waals surface area contributed by atoms with E-state index in [-0.39, 0.29) is 11.5 Å². The molecule has 4 rings (SSSR count). The van der Waals surface area contributed by atoms with Crippen molar-refractivity contribution >= 4 is 17.2 Å². The van der Waals surface area contributed by atoms with Gasteiger partial charge in [-0.2, -0.15) is 0 Å². The minimum absolute atomic E-state index is 0.0196. The fraction of sp³-hybridized carbons (Fsp3) is 0.318. The van der Waals surface area contributed by atoms with E-state index in [9.17, 15) is 20.0 Å². The molecule has 31 heavy (non-hydrogen) atoms. The zero-order chi connectivity index (χ0) is 22.3. The van der Waals surface area contributed by atoms with Crippen molar-refractivity contribution in [3.8, 4) is 23.0 Å². The standard InChI is InChI=1S/C22H22N2O7/c1-29-17-9-12-14(10-18(17)30-2)23-13-5-4-6-16(25)21(13)20(12)11-7-15(24(27)28)22(26)19(8-11)31-3/h7-10,20,23,26H,4-6H2,1-3H3/t20-/m1/s1. The number of ether oxygens (including phenoxy) is 3. The van der Waals surface area contributed by atoms with Gasteiger partial charge in [0, 0.05) is 41.4 Å². The number of nitro groups is 1. The Balaban J connectivity index is 2.01. The fourth-order valence-corrected chi connectivity index (χ4v) is 4.31. The molecule has 0 amide bonds. The number of anilines is 1. The molecule has 9 nitrogen and oxygen atoms in total. The first-order valence-corrected chi connectivity index (χ1v) is 9.74. The van der Waals surface area contributed by atoms with E-state index in [1.54, 1.807) is 12.1 Å². The van der Waals surface area contributed by atoms with Crippen LogP contribution < -0.4 is 19.5 Å². The molecule has 1 aliphatic carbocycles. The number of phenolic OH excluding ortho intramolecular Hbond substituents is 1. The first-order valence-electron chi connectivity index (χ1n) is 9.74. The Morgan fingerprint density at radius 3 is 2.35 bits per heavy atom. The minimum Gasteiger partial charge on any atom is -0.500 e. The number of ketones is 1. The Morgan fingerprint density at radius 2 is 1.71 bits per heavy atom. The van der Waals surface area contributed by atoms with Crippen LogP contribution in [0.25, 0.3) is 0 Å². The molecule has 0 radical (unpaired) electrons. The SMILES string of the molecule is COc1cc2c(cc1OC)[C@@H](c1cc(OC)c(O)c([N+](=O)[O-])c1)C1=C(CCCC1=O)N2. The van der Waals surface area contributed by atoms with Gasteiger partial charge in [-0.05, 0) is 36.1 Å². The van der Waals surface area contributed by atoms with Gasteiger partial charge >= 0.3 is 5.69 Å². The van der Waals surface area contributed by atoms with E-state index in [0.717, 1.165) is 17.8 Å². The van der Waals surface area contributed by atoms with Gasteiger partial charge < -0.3 is 24.6 Å². The Kier molecular flexibility index (Phi) is 5.18. The molecular formula is C22H22N2O7. The normalized spacial score (nSPS) is 17.4. The molecule has 0 saturated heterocycles. The van der Waals surface area contributed by atoms with Crippen LogP contribution in [0.3, 0.4) is 0 Å². The molecule has 0 unspecified atom stereocenters. The van der Waals surface area contributed by atoms with Crippen molar-refractivity contribution in [1.29, 1.82) is 0 Å². The molecule has 0 bridgehead atoms. The number of hydrogen-bond acceptors (Lipinski definition) is 8. The maximum atomic E-state index is 13.0. The summed E-state index contributed by atoms with van der Waals surface area (Å²) in [6.07, 6.45) is 1.80. The quantitative estimate of drug-likeness (QED) is 0.546. The Morgan fingerprint density at radius 1 is 1.03 bits per heavy atom. The summed E-state index contributed by atoms with van der Waals surface area (Å²) in [5.74, 6) is -0.202. The third-order valence-electron chi connectivity index (χ3n) is 5.72. The van der Waals surface area contributed by atoms with Crippen LogP contribution in [0.1, 0.15) is 36.3 Å². The van der Waals surface area contributed by atoms with Crippen molar-refractivity contribution in [3.63, 3.8) is 0 Å². The predicted molar refractivity (Wildman–Crippen MR) is 112 cm³/mol. The Hall–Kier alpha value is -3.75. The molecule has 0 fully saturated rings. The van der Waals surface area contributed by atoms with E-state index in [2.05, 4.69) is 5.32 Å². The van der Waals surface area contributed by atoms with E-state index in [4.69, 9.17) is 14.2 Å². The number of nitrogens with one attached hydrogen (secondary N) is 1. The van der Waals surface area contributed by atoms with Gasteiger partial charge in [0.2, 0.25) is 5.75 Å². The molecule has 0 aromatic heterocycles. The number of methoxy groups -OCH3 is 3. The summed E-state index contributed by atoms with van der Waals surface area (Å²) < 4.78 is 16.0. The second kappa shape index (κ2) is 7.82. The van der Waals surface area contributed by atoms with E-state index < -0.39 is 22.3 Å². The number of rotatable bonds is 5. The summed E-state index contributed by atoms with van der Waals surface area (Å²) in [5.41, 5.74) is 2.78. The van der Waals surface area contributed by atoms with Gasteiger partial charge in [0.1, 0.15) is 0 Å². The molecule has 2 aromatic carbocycles. The van der Waals surface area contributed by atoms with E-state index in [0.29, 0.717) is 41.0 Å². The maximum absolute atomic E-state index is 13.0. The second-order valence-corrected chi connectivity index (χ2v) is 7.37. The number of aromatic hydroxyl groups is 1. The molecule has 1 aliphatic heterocycles. The number of phenols is 1. The van der Waals surface area contributed by atoms with E-state index >= 15 is 0 Å². The minimum atomic E-state index is -0.671. The zero-order valence-corrected chi connectivity index (χ0v) is 17.4. The van der Waals surface area contributed by atoms with Gasteiger partial charge in [-0.15, -0.1) is 0 Å². The third-order valence-corrected chi connectivity index (χ3v) is 5.72. The summed E-state index contributed by atoms with van der Waals surface area (Å²) in [7, 11) is 4.37. The number of nitrogens with zero attached hydrogens (tertiary/aromatic N) is 1. The monoisotopic (exact) mass is 426 g/mol. The molecular weight excluding hydrogens is 404 g/mol. The lowest BCUT2D eigenvalue weighted by Crippen LogP contribution is -2.27. The van der Waals surface area contributed by atoms with Crippen molar-refractivity contribution in [3.05, 3.63) is 56.8 Å². The zero-order valence-electron chi connectivity index (χ0n) is 17.4. The molecule has 2 aliphatic rings. The van der Waals surface area contributed by atoms with Gasteiger partial charge in [-0.25, -0.2) is 0 Å². The summed E-state index contributed by atoms with van der Waals surface area (Å²) >= 11 is 0. The number of Topliss-reactive ketones (excluding diaryl/α,β-unsaturated/α-hetero) is 1. The highest BCUT2D eigenvalue weighted by atomic mass is 16.6. The van der Waals surface area contributed by atoms with Crippen LogP contribution in [0.5, 0.6) is 23.0 Å². The second-order valence-electron chi connectivity index (χ2n) is 7.37. The highest BCUT2D eigenvalue weighted by Gasteiger charge is 2.37. The Labute approximate surface area is 178 Å². The van der Waals surface area contributed by atoms with Gasteiger partial charge in [0.25, 0.3) is 0 Å². The van der Waals surface area contributed by atoms with Crippen LogP contribution in [0, 0.1) is 10.1 Å². The van der Waals surface area contributed by atoms with Crippen LogP contribution in [-0.4, -0.2) is 37.1 Å². The number of benzene rings is 2. The van der Waals surface area contributed by atoms with Crippen molar-refractivity contribution in [2.75, 3.05) is 26.6 Å². The molecule has 2 N–H and O–H groups in total. The largest absolute Gasteiger partial charge is 0.500 e. The highest BCUT2D eigenvalue weighted by molar-refractivity contribution is 6.01. The summed E-state index contributed by atoms with van der Waals surface area (Å²) in [5, 5.41) is 25.1. The molecule has 1 atom stereocenters. The van der Waals surface area contributed by atoms with Crippen molar-refractivity contribution in [2.24, 2.45) is 0 Å². The lowest BCUT2D eigenvalue weighted by Gasteiger charge is -2.34. The highest BCUT2D eigenvalue weighted by Crippen LogP contribution is 2.50. The van der Waals surface area contributed by atoms with E-state index in [1.165, 1.54) is 33.5 Å². The van der Waals surface area contributed by atoms with Gasteiger partial charge in [-0.3, -0.25) is 14.9 Å². The topological polar surface area (TPSA) is 120 Å². The van der Waals surface area contributed by atoms with Crippen LogP contribution in [0.4, 0.5) is 11.4 Å². The number of allylic oxidation sites excluding steroid dienone is 2. The summed E-state index contributed by atoms with van der Waals surface area (Å²) in [6, 6.07) is 6.38. The first kappa shape index (κ1) is 20.5. The first-order chi connectivity index (χ1) is 14.9. The third kappa shape index (κ3) is 3.31.